The summed E-state index contributed by atoms with van der Waals surface area (Å²) in [5, 5.41) is 0. The molecule has 0 N–H and O–H groups in total. The zero-order valence-electron chi connectivity index (χ0n) is 10.9. The van der Waals surface area contributed by atoms with Crippen LogP contribution in [0.15, 0.2) is 51.8 Å². The number of carbonyl (C=O) groups is 1. The molecule has 0 fully saturated rings. The minimum Gasteiger partial charge on any atom is -0.497 e. The molecule has 0 aliphatic heterocycles. The third kappa shape index (κ3) is 3.62. The highest BCUT2D eigenvalue weighted by Gasteiger charge is 2.18. The third-order valence-electron chi connectivity index (χ3n) is 2.64. The predicted molar refractivity (Wildman–Crippen MR) is 80.3 cm³/mol. The smallest absolute Gasteiger partial charge is 0.339 e. The average molecular weight is 371 g/mol. The second-order valence-electron chi connectivity index (χ2n) is 4.02. The van der Waals surface area contributed by atoms with Crippen LogP contribution in [0.3, 0.4) is 0 Å². The van der Waals surface area contributed by atoms with Gasteiger partial charge in [0.2, 0.25) is 0 Å². The molecule has 0 amide bonds. The molecule has 0 radical (unpaired) electrons. The number of hydrogen-bond acceptors (Lipinski definition) is 5. The van der Waals surface area contributed by atoms with Crippen molar-refractivity contribution in [3.63, 3.8) is 0 Å². The van der Waals surface area contributed by atoms with Gasteiger partial charge in [-0.25, -0.2) is 0 Å². The number of carbonyl (C=O) groups excluding carboxylic acids is 1. The van der Waals surface area contributed by atoms with Crippen molar-refractivity contribution in [1.82, 2.24) is 0 Å². The van der Waals surface area contributed by atoms with Crippen LogP contribution in [0.1, 0.15) is 10.4 Å². The minimum atomic E-state index is -3.95. The van der Waals surface area contributed by atoms with E-state index in [2.05, 4.69) is 15.9 Å². The first-order chi connectivity index (χ1) is 9.96. The minimum absolute atomic E-state index is 0.00895. The van der Waals surface area contributed by atoms with Gasteiger partial charge in [-0.3, -0.25) is 4.79 Å². The van der Waals surface area contributed by atoms with E-state index in [0.29, 0.717) is 22.1 Å². The quantitative estimate of drug-likeness (QED) is 0.597. The summed E-state index contributed by atoms with van der Waals surface area (Å²) in [7, 11) is -2.46. The van der Waals surface area contributed by atoms with Crippen molar-refractivity contribution in [2.24, 2.45) is 0 Å². The molecule has 0 unspecified atom stereocenters. The Kier molecular flexibility index (Phi) is 4.64. The van der Waals surface area contributed by atoms with Gasteiger partial charge in [-0.1, -0.05) is 0 Å². The summed E-state index contributed by atoms with van der Waals surface area (Å²) in [4.78, 5) is 10.7. The maximum atomic E-state index is 12.2. The lowest BCUT2D eigenvalue weighted by molar-refractivity contribution is 0.112. The van der Waals surface area contributed by atoms with Gasteiger partial charge >= 0.3 is 10.1 Å². The second-order valence-corrected chi connectivity index (χ2v) is 6.42. The lowest BCUT2D eigenvalue weighted by Crippen LogP contribution is -2.10. The Balaban J connectivity index is 2.30. The number of methoxy groups -OCH3 is 1. The second kappa shape index (κ2) is 6.28. The molecule has 0 saturated carbocycles. The fourth-order valence-corrected chi connectivity index (χ4v) is 3.10. The molecule has 21 heavy (non-hydrogen) atoms. The van der Waals surface area contributed by atoms with Crippen LogP contribution in [0.4, 0.5) is 0 Å². The van der Waals surface area contributed by atoms with Crippen LogP contribution in [0.2, 0.25) is 0 Å². The molecule has 2 aromatic carbocycles. The average Bonchev–Trinajstić information content (AvgIpc) is 2.49. The van der Waals surface area contributed by atoms with Crippen LogP contribution in [0.25, 0.3) is 0 Å². The van der Waals surface area contributed by atoms with Crippen molar-refractivity contribution in [1.29, 1.82) is 0 Å². The van der Waals surface area contributed by atoms with E-state index < -0.39 is 10.1 Å². The van der Waals surface area contributed by atoms with Gasteiger partial charge in [-0.2, -0.15) is 8.42 Å². The van der Waals surface area contributed by atoms with Crippen molar-refractivity contribution in [2.45, 2.75) is 4.90 Å². The number of aldehydes is 1. The van der Waals surface area contributed by atoms with E-state index in [9.17, 15) is 13.2 Å². The molecular formula is C14H11BrO5S. The number of halogens is 1. The van der Waals surface area contributed by atoms with Gasteiger partial charge in [0.25, 0.3) is 0 Å². The molecule has 0 bridgehead atoms. The van der Waals surface area contributed by atoms with Crippen LogP contribution in [-0.4, -0.2) is 21.8 Å². The molecule has 0 spiro atoms. The molecule has 5 nitrogen and oxygen atoms in total. The SMILES string of the molecule is COc1ccc(S(=O)(=O)Oc2ccc(C=O)cc2Br)cc1. The summed E-state index contributed by atoms with van der Waals surface area (Å²) < 4.78 is 34.7. The van der Waals surface area contributed by atoms with E-state index in [1.54, 1.807) is 0 Å². The number of rotatable bonds is 5. The van der Waals surface area contributed by atoms with Gasteiger partial charge in [0, 0.05) is 5.56 Å². The van der Waals surface area contributed by atoms with Crippen molar-refractivity contribution in [3.05, 3.63) is 52.5 Å². The lowest BCUT2D eigenvalue weighted by atomic mass is 10.2. The van der Waals surface area contributed by atoms with Gasteiger partial charge in [0.15, 0.2) is 5.75 Å². The molecule has 0 atom stereocenters. The molecular weight excluding hydrogens is 360 g/mol. The van der Waals surface area contributed by atoms with Crippen LogP contribution >= 0.6 is 15.9 Å². The standard InChI is InChI=1S/C14H11BrO5S/c1-19-11-3-5-12(6-4-11)21(17,18)20-14-7-2-10(9-16)8-13(14)15/h2-9H,1H3. The fourth-order valence-electron chi connectivity index (χ4n) is 1.57. The number of benzene rings is 2. The largest absolute Gasteiger partial charge is 0.497 e. The van der Waals surface area contributed by atoms with E-state index in [1.165, 1.54) is 49.6 Å². The number of ether oxygens (including phenoxy) is 1. The van der Waals surface area contributed by atoms with Crippen molar-refractivity contribution in [3.8, 4) is 11.5 Å². The predicted octanol–water partition coefficient (Wildman–Crippen LogP) is 3.04. The van der Waals surface area contributed by atoms with Gasteiger partial charge in [0.05, 0.1) is 11.6 Å². The molecule has 2 aromatic rings. The molecule has 0 aliphatic rings. The molecule has 0 aliphatic carbocycles. The van der Waals surface area contributed by atoms with Crippen molar-refractivity contribution < 1.29 is 22.1 Å². The fraction of sp³-hybridized carbons (Fsp3) is 0.0714. The summed E-state index contributed by atoms with van der Waals surface area (Å²) >= 11 is 3.17. The zero-order valence-corrected chi connectivity index (χ0v) is 13.3. The highest BCUT2D eigenvalue weighted by atomic mass is 79.9. The molecule has 7 heteroatoms. The monoisotopic (exact) mass is 370 g/mol. The summed E-state index contributed by atoms with van der Waals surface area (Å²) in [6, 6.07) is 10.2. The van der Waals surface area contributed by atoms with Crippen LogP contribution in [-0.2, 0) is 10.1 Å². The maximum absolute atomic E-state index is 12.2. The van der Waals surface area contributed by atoms with E-state index in [0.717, 1.165) is 0 Å². The van der Waals surface area contributed by atoms with Crippen LogP contribution in [0.5, 0.6) is 11.5 Å². The number of hydrogen-bond donors (Lipinski definition) is 0. The van der Waals surface area contributed by atoms with E-state index in [-0.39, 0.29) is 10.6 Å². The Morgan fingerprint density at radius 1 is 1.10 bits per heavy atom. The Hall–Kier alpha value is -1.86. The summed E-state index contributed by atoms with van der Waals surface area (Å²) in [5.74, 6) is 0.655. The van der Waals surface area contributed by atoms with E-state index >= 15 is 0 Å². The normalized spacial score (nSPS) is 11.0. The van der Waals surface area contributed by atoms with Gasteiger partial charge in [0.1, 0.15) is 16.9 Å². The Bertz CT molecular complexity index is 753. The summed E-state index contributed by atoms with van der Waals surface area (Å²) in [5.41, 5.74) is 0.413. The Morgan fingerprint density at radius 2 is 1.76 bits per heavy atom. The van der Waals surface area contributed by atoms with Gasteiger partial charge in [-0.15, -0.1) is 0 Å². The Morgan fingerprint density at radius 3 is 2.29 bits per heavy atom. The topological polar surface area (TPSA) is 69.7 Å². The molecule has 2 rings (SSSR count). The first-order valence-electron chi connectivity index (χ1n) is 5.79. The van der Waals surface area contributed by atoms with Crippen molar-refractivity contribution in [2.75, 3.05) is 7.11 Å². The van der Waals surface area contributed by atoms with Crippen LogP contribution in [0, 0.1) is 0 Å². The summed E-state index contributed by atoms with van der Waals surface area (Å²) in [6.07, 6.45) is 0.659. The van der Waals surface area contributed by atoms with E-state index in [1.807, 2.05) is 0 Å². The first kappa shape index (κ1) is 15.5. The first-order valence-corrected chi connectivity index (χ1v) is 7.99. The highest BCUT2D eigenvalue weighted by Crippen LogP contribution is 2.29. The maximum Gasteiger partial charge on any atom is 0.339 e. The molecule has 0 aromatic heterocycles. The molecule has 0 heterocycles. The molecule has 0 saturated heterocycles. The summed E-state index contributed by atoms with van der Waals surface area (Å²) in [6.45, 7) is 0. The lowest BCUT2D eigenvalue weighted by Gasteiger charge is -2.09. The highest BCUT2D eigenvalue weighted by molar-refractivity contribution is 9.10. The van der Waals surface area contributed by atoms with Crippen LogP contribution < -0.4 is 8.92 Å². The van der Waals surface area contributed by atoms with E-state index in [4.69, 9.17) is 8.92 Å². The Labute approximate surface area is 130 Å². The third-order valence-corrected chi connectivity index (χ3v) is 4.51. The zero-order chi connectivity index (χ0) is 15.5. The van der Waals surface area contributed by atoms with Gasteiger partial charge < -0.3 is 8.92 Å². The molecule has 110 valence electrons. The van der Waals surface area contributed by atoms with Crippen molar-refractivity contribution >= 4 is 32.3 Å². The van der Waals surface area contributed by atoms with Gasteiger partial charge in [-0.05, 0) is 58.4 Å².